The molecule has 0 radical (unpaired) electrons. The highest BCUT2D eigenvalue weighted by molar-refractivity contribution is 5.40. The first-order valence-electron chi connectivity index (χ1n) is 2.38. The van der Waals surface area contributed by atoms with E-state index in [4.69, 9.17) is 4.42 Å². The highest BCUT2D eigenvalue weighted by atomic mass is 16.3. The molecular weight excluding hydrogens is 106 g/mol. The Bertz CT molecular complexity index is 176. The fraction of sp³-hybridized carbons (Fsp3) is 0.250. The molecule has 0 saturated heterocycles. The molecule has 1 aliphatic rings. The van der Waals surface area contributed by atoms with Crippen LogP contribution >= 0.6 is 0 Å². The first kappa shape index (κ1) is 3.91. The number of nitrogens with one attached hydrogen (secondary N) is 2. The zero-order chi connectivity index (χ0) is 5.40. The monoisotopic (exact) mass is 111 g/mol. The van der Waals surface area contributed by atoms with E-state index in [0.717, 1.165) is 18.1 Å². The number of hydrogen-bond donors (Lipinski definition) is 2. The van der Waals surface area contributed by atoms with Crippen LogP contribution in [-0.2, 0) is 6.54 Å². The molecule has 0 aliphatic carbocycles. The molecule has 0 fully saturated rings. The molecule has 42 valence electrons. The first-order chi connectivity index (χ1) is 3.97. The van der Waals surface area contributed by atoms with Gasteiger partial charge < -0.3 is 9.84 Å². The van der Waals surface area contributed by atoms with Gasteiger partial charge in [0.15, 0.2) is 18.0 Å². The van der Waals surface area contributed by atoms with E-state index in [1.807, 2.05) is 0 Å². The molecule has 0 bridgehead atoms. The van der Waals surface area contributed by atoms with Gasteiger partial charge in [0.2, 0.25) is 0 Å². The van der Waals surface area contributed by atoms with Gasteiger partial charge in [0, 0.05) is 0 Å². The fourth-order valence-corrected chi connectivity index (χ4v) is 0.706. The molecule has 0 amide bonds. The van der Waals surface area contributed by atoms with Crippen molar-refractivity contribution in [2.24, 2.45) is 0 Å². The van der Waals surface area contributed by atoms with Crippen molar-refractivity contribution in [3.05, 3.63) is 12.2 Å². The summed E-state index contributed by atoms with van der Waals surface area (Å²) in [7, 11) is 0. The van der Waals surface area contributed by atoms with E-state index < -0.39 is 0 Å². The van der Waals surface area contributed by atoms with Gasteiger partial charge in [-0.2, -0.15) is 4.98 Å². The van der Waals surface area contributed by atoms with Crippen LogP contribution in [0.25, 0.3) is 0 Å². The van der Waals surface area contributed by atoms with Gasteiger partial charge in [0.05, 0.1) is 6.54 Å². The highest BCUT2D eigenvalue weighted by Gasteiger charge is 2.12. The van der Waals surface area contributed by atoms with Crippen molar-refractivity contribution in [1.82, 2.24) is 10.4 Å². The molecule has 0 unspecified atom stereocenters. The van der Waals surface area contributed by atoms with Crippen molar-refractivity contribution < 1.29 is 4.42 Å². The van der Waals surface area contributed by atoms with E-state index >= 15 is 0 Å². The van der Waals surface area contributed by atoms with E-state index in [1.54, 1.807) is 0 Å². The fourth-order valence-electron chi connectivity index (χ4n) is 0.706. The normalized spacial score (nSPS) is 15.5. The number of anilines is 1. The van der Waals surface area contributed by atoms with Gasteiger partial charge in [-0.25, -0.2) is 5.43 Å². The van der Waals surface area contributed by atoms with Crippen molar-refractivity contribution in [2.45, 2.75) is 6.54 Å². The molecule has 0 aromatic carbocycles. The standard InChI is InChI=1S/C4H5N3O/c1-3-4(7-6-1)5-2-8-3/h2,6-7H,1H2. The maximum absolute atomic E-state index is 4.94. The highest BCUT2D eigenvalue weighted by Crippen LogP contribution is 2.15. The van der Waals surface area contributed by atoms with Crippen LogP contribution in [0.15, 0.2) is 10.8 Å². The summed E-state index contributed by atoms with van der Waals surface area (Å²) in [5.74, 6) is 1.69. The predicted molar refractivity (Wildman–Crippen MR) is 27.0 cm³/mol. The summed E-state index contributed by atoms with van der Waals surface area (Å²) in [5, 5.41) is 0. The Kier molecular flexibility index (Phi) is 0.599. The van der Waals surface area contributed by atoms with Gasteiger partial charge in [-0.15, -0.1) is 0 Å². The van der Waals surface area contributed by atoms with Crippen LogP contribution in [0.2, 0.25) is 0 Å². The van der Waals surface area contributed by atoms with E-state index in [9.17, 15) is 0 Å². The molecule has 1 aliphatic heterocycles. The third kappa shape index (κ3) is 0.350. The Morgan fingerprint density at radius 3 is 3.62 bits per heavy atom. The van der Waals surface area contributed by atoms with Crippen molar-refractivity contribution in [3.63, 3.8) is 0 Å². The lowest BCUT2D eigenvalue weighted by atomic mass is 10.5. The Hall–Kier alpha value is -1.03. The number of hydrazine groups is 1. The van der Waals surface area contributed by atoms with Crippen LogP contribution in [0.3, 0.4) is 0 Å². The number of oxazole rings is 1. The summed E-state index contributed by atoms with van der Waals surface area (Å²) >= 11 is 0. The quantitative estimate of drug-likeness (QED) is 0.498. The Labute approximate surface area is 45.9 Å². The van der Waals surface area contributed by atoms with Gasteiger partial charge in [-0.1, -0.05) is 0 Å². The average molecular weight is 111 g/mol. The number of fused-ring (bicyclic) bond motifs is 1. The largest absolute Gasteiger partial charge is 0.445 e. The second-order valence-corrected chi connectivity index (χ2v) is 1.60. The van der Waals surface area contributed by atoms with Crippen molar-refractivity contribution in [1.29, 1.82) is 0 Å². The zero-order valence-corrected chi connectivity index (χ0v) is 4.14. The number of nitrogens with zero attached hydrogens (tertiary/aromatic N) is 1. The SMILES string of the molecule is c1nc2c(o1)CNN2. The van der Waals surface area contributed by atoms with Gasteiger partial charge in [-0.3, -0.25) is 0 Å². The molecule has 0 saturated carbocycles. The van der Waals surface area contributed by atoms with Crippen molar-refractivity contribution in [2.75, 3.05) is 5.43 Å². The molecule has 4 nitrogen and oxygen atoms in total. The molecule has 4 heteroatoms. The molecule has 8 heavy (non-hydrogen) atoms. The lowest BCUT2D eigenvalue weighted by Crippen LogP contribution is -2.11. The molecule has 2 N–H and O–H groups in total. The Balaban J connectivity index is 2.54. The summed E-state index contributed by atoms with van der Waals surface area (Å²) in [6, 6.07) is 0. The number of aromatic nitrogens is 1. The summed E-state index contributed by atoms with van der Waals surface area (Å²) in [6.45, 7) is 0.731. The van der Waals surface area contributed by atoms with Gasteiger partial charge in [-0.05, 0) is 0 Å². The molecule has 2 rings (SSSR count). The molecular formula is C4H5N3O. The number of hydrogen-bond acceptors (Lipinski definition) is 4. The van der Waals surface area contributed by atoms with E-state index in [1.165, 1.54) is 6.39 Å². The lowest BCUT2D eigenvalue weighted by molar-refractivity contribution is 0.501. The second kappa shape index (κ2) is 1.23. The van der Waals surface area contributed by atoms with Gasteiger partial charge >= 0.3 is 0 Å². The van der Waals surface area contributed by atoms with Crippen LogP contribution in [-0.4, -0.2) is 4.98 Å². The minimum absolute atomic E-state index is 0.731. The molecule has 0 spiro atoms. The van der Waals surface area contributed by atoms with Crippen molar-refractivity contribution >= 4 is 5.82 Å². The number of rotatable bonds is 0. The topological polar surface area (TPSA) is 50.1 Å². The Morgan fingerprint density at radius 1 is 1.75 bits per heavy atom. The molecule has 1 aromatic rings. The summed E-state index contributed by atoms with van der Waals surface area (Å²) < 4.78 is 4.94. The smallest absolute Gasteiger partial charge is 0.183 e. The van der Waals surface area contributed by atoms with Crippen LogP contribution in [0.4, 0.5) is 5.82 Å². The van der Waals surface area contributed by atoms with Crippen LogP contribution < -0.4 is 10.9 Å². The summed E-state index contributed by atoms with van der Waals surface area (Å²) in [4.78, 5) is 3.86. The second-order valence-electron chi connectivity index (χ2n) is 1.60. The van der Waals surface area contributed by atoms with E-state index in [0.29, 0.717) is 0 Å². The summed E-state index contributed by atoms with van der Waals surface area (Å²) in [5.41, 5.74) is 5.69. The maximum atomic E-state index is 4.94. The van der Waals surface area contributed by atoms with Gasteiger partial charge in [0.1, 0.15) is 0 Å². The lowest BCUT2D eigenvalue weighted by Gasteiger charge is -1.86. The van der Waals surface area contributed by atoms with Crippen molar-refractivity contribution in [3.8, 4) is 0 Å². The minimum atomic E-state index is 0.731. The predicted octanol–water partition coefficient (Wildman–Crippen LogP) is 0.105. The van der Waals surface area contributed by atoms with Crippen LogP contribution in [0.5, 0.6) is 0 Å². The maximum Gasteiger partial charge on any atom is 0.183 e. The average Bonchev–Trinajstić information content (AvgIpc) is 2.15. The minimum Gasteiger partial charge on any atom is -0.445 e. The molecule has 0 atom stereocenters. The summed E-state index contributed by atoms with van der Waals surface area (Å²) in [6.07, 6.45) is 1.43. The molecule has 1 aromatic heterocycles. The first-order valence-corrected chi connectivity index (χ1v) is 2.38. The van der Waals surface area contributed by atoms with E-state index in [-0.39, 0.29) is 0 Å². The zero-order valence-electron chi connectivity index (χ0n) is 4.14. The van der Waals surface area contributed by atoms with E-state index in [2.05, 4.69) is 15.8 Å². The third-order valence-corrected chi connectivity index (χ3v) is 1.10. The van der Waals surface area contributed by atoms with Gasteiger partial charge in [0.25, 0.3) is 0 Å². The molecule has 2 heterocycles. The third-order valence-electron chi connectivity index (χ3n) is 1.10. The van der Waals surface area contributed by atoms with Crippen LogP contribution in [0, 0.1) is 0 Å². The van der Waals surface area contributed by atoms with Crippen LogP contribution in [0.1, 0.15) is 5.76 Å². The Morgan fingerprint density at radius 2 is 2.75 bits per heavy atom.